The van der Waals surface area contributed by atoms with Gasteiger partial charge in [0.2, 0.25) is 10.0 Å². The Bertz CT molecular complexity index is 531. The van der Waals surface area contributed by atoms with Crippen LogP contribution in [0.25, 0.3) is 0 Å². The van der Waals surface area contributed by atoms with Crippen LogP contribution < -0.4 is 0 Å². The smallest absolute Gasteiger partial charge is 0.218 e. The summed E-state index contributed by atoms with van der Waals surface area (Å²) in [7, 11) is -3.33. The fourth-order valence-electron chi connectivity index (χ4n) is 2.40. The Morgan fingerprint density at radius 2 is 1.65 bits per heavy atom. The molecule has 1 aromatic rings. The molecule has 2 rings (SSSR count). The van der Waals surface area contributed by atoms with Crippen LogP contribution in [0.2, 0.25) is 0 Å². The molecule has 1 aromatic carbocycles. The number of nitrogens with zero attached hydrogens (tertiary/aromatic N) is 1. The van der Waals surface area contributed by atoms with Gasteiger partial charge >= 0.3 is 0 Å². The lowest BCUT2D eigenvalue weighted by Gasteiger charge is -2.34. The minimum Gasteiger partial charge on any atom is -0.392 e. The number of ether oxygens (including phenoxy) is 1. The summed E-state index contributed by atoms with van der Waals surface area (Å²) in [5.41, 5.74) is 1.51. The van der Waals surface area contributed by atoms with Crippen molar-refractivity contribution >= 4 is 10.0 Å². The predicted molar refractivity (Wildman–Crippen MR) is 76.6 cm³/mol. The van der Waals surface area contributed by atoms with Crippen molar-refractivity contribution in [3.8, 4) is 0 Å². The first-order valence-electron chi connectivity index (χ1n) is 6.72. The molecular formula is C14H21NO4S. The number of sulfonamides is 1. The van der Waals surface area contributed by atoms with Gasteiger partial charge in [0.05, 0.1) is 24.6 Å². The highest BCUT2D eigenvalue weighted by Crippen LogP contribution is 2.18. The van der Waals surface area contributed by atoms with Crippen LogP contribution in [-0.4, -0.2) is 43.1 Å². The second kappa shape index (κ2) is 6.22. The lowest BCUT2D eigenvalue weighted by atomic mass is 10.2. The monoisotopic (exact) mass is 299 g/mol. The van der Waals surface area contributed by atoms with E-state index < -0.39 is 10.0 Å². The fourth-order valence-corrected chi connectivity index (χ4v) is 4.07. The van der Waals surface area contributed by atoms with Gasteiger partial charge in [-0.3, -0.25) is 0 Å². The summed E-state index contributed by atoms with van der Waals surface area (Å²) in [5, 5.41) is 8.98. The molecule has 0 saturated carbocycles. The van der Waals surface area contributed by atoms with Crippen molar-refractivity contribution in [1.82, 2.24) is 4.31 Å². The highest BCUT2D eigenvalue weighted by atomic mass is 32.2. The minimum atomic E-state index is -3.33. The molecule has 6 heteroatoms. The molecule has 1 aliphatic heterocycles. The van der Waals surface area contributed by atoms with Gasteiger partial charge in [0, 0.05) is 13.1 Å². The molecule has 0 spiro atoms. The zero-order valence-electron chi connectivity index (χ0n) is 11.8. The van der Waals surface area contributed by atoms with Crippen molar-refractivity contribution in [3.63, 3.8) is 0 Å². The van der Waals surface area contributed by atoms with Crippen LogP contribution in [0.4, 0.5) is 0 Å². The Balaban J connectivity index is 2.09. The van der Waals surface area contributed by atoms with E-state index in [2.05, 4.69) is 0 Å². The molecule has 112 valence electrons. The van der Waals surface area contributed by atoms with Crippen LogP contribution >= 0.6 is 0 Å². The molecule has 0 radical (unpaired) electrons. The zero-order chi connectivity index (χ0) is 14.8. The molecule has 2 atom stereocenters. The summed E-state index contributed by atoms with van der Waals surface area (Å²) >= 11 is 0. The van der Waals surface area contributed by atoms with E-state index in [1.165, 1.54) is 4.31 Å². The molecular weight excluding hydrogens is 278 g/mol. The van der Waals surface area contributed by atoms with E-state index in [0.29, 0.717) is 13.1 Å². The molecule has 0 bridgehead atoms. The molecule has 0 unspecified atom stereocenters. The van der Waals surface area contributed by atoms with Gasteiger partial charge in [0.25, 0.3) is 0 Å². The second-order valence-corrected chi connectivity index (χ2v) is 7.27. The topological polar surface area (TPSA) is 66.8 Å². The van der Waals surface area contributed by atoms with Crippen LogP contribution in [0, 0.1) is 0 Å². The standard InChI is InChI=1S/C14H21NO4S/c1-11-7-15(8-12(2)19-11)20(17,18)10-14-5-3-13(9-16)4-6-14/h3-6,11-12,16H,7-10H2,1-2H3/t11-,12+. The minimum absolute atomic E-state index is 0.0157. The van der Waals surface area contributed by atoms with Crippen LogP contribution in [0.15, 0.2) is 24.3 Å². The first-order valence-corrected chi connectivity index (χ1v) is 8.33. The predicted octanol–water partition coefficient (Wildman–Crippen LogP) is 1.12. The molecule has 1 saturated heterocycles. The Labute approximate surface area is 120 Å². The maximum absolute atomic E-state index is 12.4. The van der Waals surface area contributed by atoms with Gasteiger partial charge < -0.3 is 9.84 Å². The lowest BCUT2D eigenvalue weighted by molar-refractivity contribution is -0.0441. The van der Waals surface area contributed by atoms with Crippen molar-refractivity contribution in [3.05, 3.63) is 35.4 Å². The number of hydrogen-bond acceptors (Lipinski definition) is 4. The van der Waals surface area contributed by atoms with Crippen LogP contribution in [0.3, 0.4) is 0 Å². The largest absolute Gasteiger partial charge is 0.392 e. The quantitative estimate of drug-likeness (QED) is 0.904. The first-order chi connectivity index (χ1) is 9.40. The van der Waals surface area contributed by atoms with E-state index >= 15 is 0 Å². The summed E-state index contributed by atoms with van der Waals surface area (Å²) in [6.45, 7) is 4.54. The first kappa shape index (κ1) is 15.4. The molecule has 20 heavy (non-hydrogen) atoms. The van der Waals surface area contributed by atoms with Crippen molar-refractivity contribution in [2.75, 3.05) is 13.1 Å². The zero-order valence-corrected chi connectivity index (χ0v) is 12.6. The van der Waals surface area contributed by atoms with Crippen LogP contribution in [-0.2, 0) is 27.1 Å². The molecule has 0 aromatic heterocycles. The molecule has 1 N–H and O–H groups in total. The summed E-state index contributed by atoms with van der Waals surface area (Å²) in [4.78, 5) is 0. The number of hydrogen-bond donors (Lipinski definition) is 1. The maximum atomic E-state index is 12.4. The highest BCUT2D eigenvalue weighted by Gasteiger charge is 2.30. The van der Waals surface area contributed by atoms with E-state index in [4.69, 9.17) is 9.84 Å². The van der Waals surface area contributed by atoms with Gasteiger partial charge in [-0.25, -0.2) is 8.42 Å². The molecule has 0 aliphatic carbocycles. The summed E-state index contributed by atoms with van der Waals surface area (Å²) < 4.78 is 31.9. The average molecular weight is 299 g/mol. The maximum Gasteiger partial charge on any atom is 0.218 e. The molecule has 1 aliphatic rings. The third-order valence-electron chi connectivity index (χ3n) is 3.33. The van der Waals surface area contributed by atoms with E-state index in [0.717, 1.165) is 11.1 Å². The van der Waals surface area contributed by atoms with E-state index in [-0.39, 0.29) is 24.6 Å². The number of aliphatic hydroxyl groups is 1. The van der Waals surface area contributed by atoms with Gasteiger partial charge in [-0.2, -0.15) is 4.31 Å². The molecule has 0 amide bonds. The number of aliphatic hydroxyl groups excluding tert-OH is 1. The Morgan fingerprint density at radius 1 is 1.15 bits per heavy atom. The number of morpholine rings is 1. The summed E-state index contributed by atoms with van der Waals surface area (Å²) in [6.07, 6.45) is -0.157. The van der Waals surface area contributed by atoms with Gasteiger partial charge in [-0.05, 0) is 25.0 Å². The number of rotatable bonds is 4. The molecule has 5 nitrogen and oxygen atoms in total. The summed E-state index contributed by atoms with van der Waals surface area (Å²) in [5.74, 6) is -0.0157. The third kappa shape index (κ3) is 3.79. The van der Waals surface area contributed by atoms with Crippen LogP contribution in [0.5, 0.6) is 0 Å². The highest BCUT2D eigenvalue weighted by molar-refractivity contribution is 7.88. The summed E-state index contributed by atoms with van der Waals surface area (Å²) in [6, 6.07) is 6.98. The van der Waals surface area contributed by atoms with Gasteiger partial charge in [0.15, 0.2) is 0 Å². The lowest BCUT2D eigenvalue weighted by Crippen LogP contribution is -2.48. The third-order valence-corrected chi connectivity index (χ3v) is 5.12. The van der Waals surface area contributed by atoms with E-state index in [1.54, 1.807) is 24.3 Å². The van der Waals surface area contributed by atoms with Crippen molar-refractivity contribution in [2.24, 2.45) is 0 Å². The molecule has 1 heterocycles. The Morgan fingerprint density at radius 3 is 2.15 bits per heavy atom. The molecule has 1 fully saturated rings. The average Bonchev–Trinajstić information content (AvgIpc) is 2.38. The Kier molecular flexibility index (Phi) is 4.80. The Hall–Kier alpha value is -0.950. The fraction of sp³-hybridized carbons (Fsp3) is 0.571. The van der Waals surface area contributed by atoms with Gasteiger partial charge in [-0.1, -0.05) is 24.3 Å². The second-order valence-electron chi connectivity index (χ2n) is 5.31. The van der Waals surface area contributed by atoms with E-state index in [9.17, 15) is 8.42 Å². The van der Waals surface area contributed by atoms with E-state index in [1.807, 2.05) is 13.8 Å². The van der Waals surface area contributed by atoms with Crippen molar-refractivity contribution < 1.29 is 18.3 Å². The normalized spacial score (nSPS) is 24.8. The van der Waals surface area contributed by atoms with Crippen LogP contribution in [0.1, 0.15) is 25.0 Å². The van der Waals surface area contributed by atoms with Gasteiger partial charge in [0.1, 0.15) is 0 Å². The van der Waals surface area contributed by atoms with Crippen molar-refractivity contribution in [1.29, 1.82) is 0 Å². The number of benzene rings is 1. The van der Waals surface area contributed by atoms with Gasteiger partial charge in [-0.15, -0.1) is 0 Å². The SMILES string of the molecule is C[C@@H]1CN(S(=O)(=O)Cc2ccc(CO)cc2)C[C@H](C)O1. The van der Waals surface area contributed by atoms with Crippen molar-refractivity contribution in [2.45, 2.75) is 38.4 Å².